The Kier molecular flexibility index (Phi) is 24.7. The summed E-state index contributed by atoms with van der Waals surface area (Å²) in [6.45, 7) is 33.1. The van der Waals surface area contributed by atoms with Gasteiger partial charge in [-0.3, -0.25) is 0 Å². The number of sulfone groups is 1. The third-order valence-corrected chi connectivity index (χ3v) is 34.8. The van der Waals surface area contributed by atoms with E-state index in [1.54, 1.807) is 78.9 Å². The Morgan fingerprint density at radius 1 is 0.659 bits per heavy atom. The highest BCUT2D eigenvalue weighted by molar-refractivity contribution is 14.1. The molecular formula is C64H99IO16SSi3. The Bertz CT molecular complexity index is 2730. The van der Waals surface area contributed by atoms with E-state index in [9.17, 15) is 14.7 Å². The van der Waals surface area contributed by atoms with Gasteiger partial charge >= 0.3 is 11.9 Å². The van der Waals surface area contributed by atoms with Gasteiger partial charge in [0, 0.05) is 46.5 Å². The van der Waals surface area contributed by atoms with Crippen molar-refractivity contribution < 1.29 is 74.3 Å². The number of benzene rings is 3. The number of halogens is 1. The van der Waals surface area contributed by atoms with Crippen LogP contribution in [0.5, 0.6) is 0 Å². The maximum atomic E-state index is 15.7. The summed E-state index contributed by atoms with van der Waals surface area (Å²) >= 11 is 2.26. The van der Waals surface area contributed by atoms with Crippen LogP contribution in [0.4, 0.5) is 0 Å². The zero-order valence-electron chi connectivity index (χ0n) is 53.6. The summed E-state index contributed by atoms with van der Waals surface area (Å²) in [5.41, 5.74) is 0.574. The fraction of sp³-hybridized carbons (Fsp3) is 0.656. The number of hydrogen-bond donors (Lipinski definition) is 1. The van der Waals surface area contributed by atoms with Crippen LogP contribution in [0.1, 0.15) is 115 Å². The van der Waals surface area contributed by atoms with Crippen LogP contribution in [0.25, 0.3) is 0 Å². The second-order valence-corrected chi connectivity index (χ2v) is 44.7. The van der Waals surface area contributed by atoms with E-state index in [0.29, 0.717) is 18.4 Å². The van der Waals surface area contributed by atoms with E-state index in [2.05, 4.69) is 130 Å². The van der Waals surface area contributed by atoms with Gasteiger partial charge in [0.1, 0.15) is 37.1 Å². The Labute approximate surface area is 524 Å². The van der Waals surface area contributed by atoms with Crippen molar-refractivity contribution in [2.75, 3.05) is 27.9 Å². The Hall–Kier alpha value is -2.73. The highest BCUT2D eigenvalue weighted by atomic mass is 127. The van der Waals surface area contributed by atoms with Crippen molar-refractivity contribution in [1.82, 2.24) is 0 Å². The molecule has 16 nitrogen and oxygen atoms in total. The monoisotopic (exact) mass is 1370 g/mol. The summed E-state index contributed by atoms with van der Waals surface area (Å²) in [6, 6.07) is 24.9. The minimum Gasteiger partial charge on any atom is -0.458 e. The average Bonchev–Trinajstić information content (AvgIpc) is 1.82. The zero-order valence-corrected chi connectivity index (χ0v) is 59.5. The van der Waals surface area contributed by atoms with Crippen molar-refractivity contribution in [2.45, 2.75) is 238 Å². The Balaban J connectivity index is 1.43. The third kappa shape index (κ3) is 17.6. The topological polar surface area (TPSA) is 190 Å². The quantitative estimate of drug-likeness (QED) is 0.0345. The fourth-order valence-corrected chi connectivity index (χ4v) is 17.2. The van der Waals surface area contributed by atoms with Gasteiger partial charge in [-0.05, 0) is 114 Å². The van der Waals surface area contributed by atoms with E-state index < -0.39 is 137 Å². The SMILES string of the molecule is COC(C[C@@H]1O[C@H](C[C@@H](COC(=O)c2ccccc2)OC(=O)c2ccccc2)[C@H](OC)[C@H]1[C@H](C(O)C[C@H]1CC[C@@H]2O[C@@H]([C@H](/C=C/I)O[Si](C)(C)C(C)(C)C)[C@@H](O[Si](C)(C)C(C)(C)C)[C@@H](O[Si](C)(C)C(C)(C)C)[C@H]2O1)S(=O)(=O)c1ccccc1)OC. The van der Waals surface area contributed by atoms with Gasteiger partial charge in [0.25, 0.3) is 0 Å². The van der Waals surface area contributed by atoms with Crippen molar-refractivity contribution in [3.63, 3.8) is 0 Å². The molecule has 0 saturated carbocycles. The van der Waals surface area contributed by atoms with Crippen LogP contribution >= 0.6 is 22.6 Å². The number of hydrogen-bond acceptors (Lipinski definition) is 16. The normalized spacial score (nSPS) is 26.2. The van der Waals surface area contributed by atoms with Crippen LogP contribution in [0, 0.1) is 5.92 Å². The third-order valence-electron chi connectivity index (χ3n) is 18.7. The minimum absolute atomic E-state index is 0.00606. The molecule has 0 aliphatic carbocycles. The number of methoxy groups -OCH3 is 3. The largest absolute Gasteiger partial charge is 0.458 e. The molecule has 3 fully saturated rings. The molecule has 3 aromatic carbocycles. The second-order valence-electron chi connectivity index (χ2n) is 27.6. The lowest BCUT2D eigenvalue weighted by Crippen LogP contribution is -2.69. The molecular weight excluding hydrogens is 1270 g/mol. The lowest BCUT2D eigenvalue weighted by molar-refractivity contribution is -0.268. The van der Waals surface area contributed by atoms with Crippen molar-refractivity contribution >= 4 is 69.3 Å². The Morgan fingerprint density at radius 2 is 1.18 bits per heavy atom. The molecule has 0 radical (unpaired) electrons. The molecule has 3 aromatic rings. The van der Waals surface area contributed by atoms with Crippen LogP contribution in [-0.2, 0) is 61.0 Å². The molecule has 3 heterocycles. The highest BCUT2D eigenvalue weighted by Crippen LogP contribution is 2.49. The number of carbonyl (C=O) groups excluding carboxylic acids is 2. The first-order valence-electron chi connectivity index (χ1n) is 29.9. The number of esters is 2. The molecule has 6 rings (SSSR count). The zero-order chi connectivity index (χ0) is 63.1. The van der Waals surface area contributed by atoms with Crippen LogP contribution < -0.4 is 0 Å². The highest BCUT2D eigenvalue weighted by Gasteiger charge is 2.60. The first-order valence-corrected chi connectivity index (χ1v) is 41.4. The molecule has 0 bridgehead atoms. The van der Waals surface area contributed by atoms with Crippen LogP contribution in [0.2, 0.25) is 54.4 Å². The second kappa shape index (κ2) is 29.5. The first kappa shape index (κ1) is 71.3. The molecule has 85 heavy (non-hydrogen) atoms. The maximum absolute atomic E-state index is 15.7. The van der Waals surface area contributed by atoms with Crippen molar-refractivity contribution in [3.05, 3.63) is 112 Å². The number of aliphatic hydroxyl groups is 1. The molecule has 3 aliphatic heterocycles. The summed E-state index contributed by atoms with van der Waals surface area (Å²) in [5, 5.41) is 11.1. The van der Waals surface area contributed by atoms with E-state index in [1.807, 2.05) is 4.08 Å². The predicted octanol–water partition coefficient (Wildman–Crippen LogP) is 12.9. The molecule has 0 aromatic heterocycles. The number of fused-ring (bicyclic) bond motifs is 1. The standard InChI is InChI=1S/C64H99IO16SSi3/c1-62(2,3)83(13,14)79-49(36-37-65)56-58(81-85(17,18)64(7,8)9)57(80-84(15,16)63(4,5)6)55-48(78-56)35-34-44(75-55)38-47(66)59(82(69,70)46-32-26-21-27-33-46)53-50(40-52(71-10)72-11)77-51(54(53)73-12)39-45(76-61(68)43-30-24-20-25-31-43)41-74-60(67)42-28-22-19-23-29-42/h19-33,36-37,44-45,47-59,66H,34-35,38-41H2,1-18H3/b37-36+/t44-,45+,47?,48+,49+,50+,51-,53+,54+,55+,56+,57+,58-,59+/m1/s1. The summed E-state index contributed by atoms with van der Waals surface area (Å²) in [4.78, 5) is 27.2. The van der Waals surface area contributed by atoms with Crippen molar-refractivity contribution in [1.29, 1.82) is 0 Å². The lowest BCUT2D eigenvalue weighted by atomic mass is 9.84. The average molecular weight is 1370 g/mol. The van der Waals surface area contributed by atoms with Gasteiger partial charge in [-0.1, -0.05) is 140 Å². The van der Waals surface area contributed by atoms with Gasteiger partial charge in [-0.25, -0.2) is 18.0 Å². The predicted molar refractivity (Wildman–Crippen MR) is 346 cm³/mol. The minimum atomic E-state index is -4.46. The van der Waals surface area contributed by atoms with Crippen molar-refractivity contribution in [2.24, 2.45) is 5.92 Å². The number of aliphatic hydroxyl groups excluding tert-OH is 1. The van der Waals surface area contributed by atoms with E-state index in [1.165, 1.54) is 33.5 Å². The first-order chi connectivity index (χ1) is 39.6. The van der Waals surface area contributed by atoms with Gasteiger partial charge in [-0.15, -0.1) is 0 Å². The molecule has 3 saturated heterocycles. The van der Waals surface area contributed by atoms with Gasteiger partial charge < -0.3 is 56.3 Å². The molecule has 476 valence electrons. The molecule has 3 aliphatic rings. The summed E-state index contributed by atoms with van der Waals surface area (Å²) < 4.78 is 107. The van der Waals surface area contributed by atoms with Gasteiger partial charge in [0.2, 0.25) is 0 Å². The van der Waals surface area contributed by atoms with Crippen LogP contribution in [0.15, 0.2) is 106 Å². The summed E-state index contributed by atoms with van der Waals surface area (Å²) in [6.07, 6.45) is -7.86. The molecule has 0 amide bonds. The molecule has 14 atom stereocenters. The Morgan fingerprint density at radius 3 is 1.68 bits per heavy atom. The number of carbonyl (C=O) groups is 2. The number of ether oxygens (including phenoxy) is 8. The van der Waals surface area contributed by atoms with E-state index >= 15 is 8.42 Å². The molecule has 21 heteroatoms. The molecule has 1 N–H and O–H groups in total. The van der Waals surface area contributed by atoms with Gasteiger partial charge in [0.15, 0.2) is 41.1 Å². The van der Waals surface area contributed by atoms with Crippen LogP contribution in [-0.4, -0.2) is 163 Å². The summed E-state index contributed by atoms with van der Waals surface area (Å²) in [7, 11) is -7.70. The molecule has 1 unspecified atom stereocenters. The van der Waals surface area contributed by atoms with Gasteiger partial charge in [0.05, 0.1) is 64.0 Å². The van der Waals surface area contributed by atoms with Crippen molar-refractivity contribution in [3.8, 4) is 0 Å². The van der Waals surface area contributed by atoms with Gasteiger partial charge in [-0.2, -0.15) is 0 Å². The van der Waals surface area contributed by atoms with E-state index in [0.717, 1.165) is 0 Å². The fourth-order valence-electron chi connectivity index (χ4n) is 10.8. The maximum Gasteiger partial charge on any atom is 0.338 e. The number of rotatable bonds is 26. The summed E-state index contributed by atoms with van der Waals surface area (Å²) in [5.74, 6) is -2.38. The van der Waals surface area contributed by atoms with E-state index in [-0.39, 0.29) is 51.4 Å². The lowest BCUT2D eigenvalue weighted by Gasteiger charge is -2.56. The van der Waals surface area contributed by atoms with E-state index in [4.69, 9.17) is 51.2 Å². The van der Waals surface area contributed by atoms with Crippen LogP contribution in [0.3, 0.4) is 0 Å². The molecule has 0 spiro atoms. The smallest absolute Gasteiger partial charge is 0.338 e.